The summed E-state index contributed by atoms with van der Waals surface area (Å²) in [5, 5.41) is 10.4. The van der Waals surface area contributed by atoms with Crippen LogP contribution in [0.1, 0.15) is 11.1 Å². The molecule has 3 rings (SSSR count). The van der Waals surface area contributed by atoms with Gasteiger partial charge in [-0.2, -0.15) is 13.2 Å². The molecule has 0 radical (unpaired) electrons. The smallest absolute Gasteiger partial charge is 0.279 e. The van der Waals surface area contributed by atoms with Crippen LogP contribution in [0.5, 0.6) is 0 Å². The highest BCUT2D eigenvalue weighted by Crippen LogP contribution is 2.34. The van der Waals surface area contributed by atoms with Gasteiger partial charge in [-0.05, 0) is 53.2 Å². The van der Waals surface area contributed by atoms with Gasteiger partial charge in [0, 0.05) is 0 Å². The van der Waals surface area contributed by atoms with Crippen LogP contribution in [0.3, 0.4) is 0 Å². The van der Waals surface area contributed by atoms with Crippen molar-refractivity contribution in [3.63, 3.8) is 0 Å². The molecule has 0 aliphatic heterocycles. The normalized spacial score (nSPS) is 12.2. The zero-order chi connectivity index (χ0) is 19.8. The lowest BCUT2D eigenvalue weighted by atomic mass is 10.1. The summed E-state index contributed by atoms with van der Waals surface area (Å²) in [5.74, 6) is 0. The molecule has 0 saturated carbocycles. The lowest BCUT2D eigenvalue weighted by Gasteiger charge is -2.15. The van der Waals surface area contributed by atoms with Crippen LogP contribution in [0.15, 0.2) is 47.6 Å². The van der Waals surface area contributed by atoms with Gasteiger partial charge in [0.15, 0.2) is 0 Å². The van der Waals surface area contributed by atoms with Crippen molar-refractivity contribution in [3.8, 4) is 5.69 Å². The third-order valence-electron chi connectivity index (χ3n) is 3.69. The molecule has 0 saturated heterocycles. The highest BCUT2D eigenvalue weighted by Gasteiger charge is 2.33. The number of hydrogen-bond acceptors (Lipinski definition) is 5. The molecule has 0 atom stereocenters. The molecule has 0 aliphatic rings. The number of alkyl halides is 3. The van der Waals surface area contributed by atoms with Gasteiger partial charge in [0.2, 0.25) is 0 Å². The minimum Gasteiger partial charge on any atom is -0.279 e. The summed E-state index contributed by atoms with van der Waals surface area (Å²) in [4.78, 5) is -0.675. The molecule has 1 N–H and O–H groups in total. The predicted molar refractivity (Wildman–Crippen MR) is 91.2 cm³/mol. The Hall–Kier alpha value is -2.66. The Morgan fingerprint density at radius 3 is 2.56 bits per heavy atom. The molecule has 142 valence electrons. The van der Waals surface area contributed by atoms with E-state index in [9.17, 15) is 21.6 Å². The van der Waals surface area contributed by atoms with Crippen molar-refractivity contribution in [2.45, 2.75) is 18.0 Å². The van der Waals surface area contributed by atoms with Crippen molar-refractivity contribution >= 4 is 27.3 Å². The topological polar surface area (TPSA) is 89.8 Å². The van der Waals surface area contributed by atoms with E-state index < -0.39 is 26.7 Å². The maximum Gasteiger partial charge on any atom is 0.416 e. The van der Waals surface area contributed by atoms with Gasteiger partial charge in [-0.3, -0.25) is 4.72 Å². The fraction of sp³-hybridized carbons (Fsp3) is 0.133. The lowest BCUT2D eigenvalue weighted by molar-refractivity contribution is -0.137. The summed E-state index contributed by atoms with van der Waals surface area (Å²) in [7, 11) is -4.38. The van der Waals surface area contributed by atoms with Crippen LogP contribution in [0.2, 0.25) is 5.02 Å². The third kappa shape index (κ3) is 3.88. The van der Waals surface area contributed by atoms with Crippen LogP contribution in [0.25, 0.3) is 5.69 Å². The molecular weight excluding hydrogens is 407 g/mol. The number of sulfonamides is 1. The summed E-state index contributed by atoms with van der Waals surface area (Å²) in [6.07, 6.45) is -3.38. The summed E-state index contributed by atoms with van der Waals surface area (Å²) in [5.41, 5.74) is -0.00488. The van der Waals surface area contributed by atoms with Crippen molar-refractivity contribution in [3.05, 3.63) is 58.9 Å². The standard InChI is InChI=1S/C15H11ClF3N5O2S/c1-9-12(3-2-4-13(9)24-8-20-22-23-24)21-27(25,26)14-7-10(15(17,18)19)5-6-11(14)16/h2-8,21H,1H3. The average Bonchev–Trinajstić information content (AvgIpc) is 3.10. The van der Waals surface area contributed by atoms with Crippen molar-refractivity contribution < 1.29 is 21.6 Å². The highest BCUT2D eigenvalue weighted by molar-refractivity contribution is 7.92. The number of anilines is 1. The van der Waals surface area contributed by atoms with Crippen LogP contribution in [-0.2, 0) is 16.2 Å². The minimum absolute atomic E-state index is 0.150. The number of halogens is 4. The van der Waals surface area contributed by atoms with Gasteiger partial charge in [0.05, 0.1) is 22.0 Å². The Morgan fingerprint density at radius 1 is 1.19 bits per heavy atom. The second-order valence-corrected chi connectivity index (χ2v) is 7.51. The number of rotatable bonds is 4. The third-order valence-corrected chi connectivity index (χ3v) is 5.54. The van der Waals surface area contributed by atoms with Crippen molar-refractivity contribution in [2.75, 3.05) is 4.72 Å². The summed E-state index contributed by atoms with van der Waals surface area (Å²) in [6, 6.07) is 6.76. The maximum atomic E-state index is 12.9. The van der Waals surface area contributed by atoms with Crippen LogP contribution < -0.4 is 4.72 Å². The Morgan fingerprint density at radius 2 is 1.93 bits per heavy atom. The van der Waals surface area contributed by atoms with Gasteiger partial charge in [-0.15, -0.1) is 5.10 Å². The van der Waals surface area contributed by atoms with Crippen molar-refractivity contribution in [1.29, 1.82) is 0 Å². The van der Waals surface area contributed by atoms with Crippen molar-refractivity contribution in [2.24, 2.45) is 0 Å². The Kier molecular flexibility index (Phi) is 4.82. The number of nitrogens with zero attached hydrogens (tertiary/aromatic N) is 4. The van der Waals surface area contributed by atoms with E-state index >= 15 is 0 Å². The van der Waals surface area contributed by atoms with Gasteiger partial charge in [-0.1, -0.05) is 17.7 Å². The van der Waals surface area contributed by atoms with Crippen LogP contribution in [0.4, 0.5) is 18.9 Å². The van der Waals surface area contributed by atoms with Gasteiger partial charge >= 0.3 is 6.18 Å². The average molecular weight is 418 g/mol. The van der Waals surface area contributed by atoms with E-state index in [2.05, 4.69) is 20.2 Å². The van der Waals surface area contributed by atoms with E-state index in [4.69, 9.17) is 11.6 Å². The molecule has 1 aromatic heterocycles. The van der Waals surface area contributed by atoms with E-state index in [1.54, 1.807) is 19.1 Å². The largest absolute Gasteiger partial charge is 0.416 e. The fourth-order valence-electron chi connectivity index (χ4n) is 2.34. The number of hydrogen-bond donors (Lipinski definition) is 1. The van der Waals surface area contributed by atoms with Crippen LogP contribution >= 0.6 is 11.6 Å². The summed E-state index contributed by atoms with van der Waals surface area (Å²) in [6.45, 7) is 1.61. The van der Waals surface area contributed by atoms with E-state index in [0.29, 0.717) is 23.4 Å². The second-order valence-electron chi connectivity index (χ2n) is 5.45. The first-order chi connectivity index (χ1) is 12.6. The van der Waals surface area contributed by atoms with Gasteiger partial charge in [-0.25, -0.2) is 13.1 Å². The molecule has 3 aromatic rings. The van der Waals surface area contributed by atoms with Gasteiger partial charge in [0.25, 0.3) is 10.0 Å². The van der Waals surface area contributed by atoms with E-state index in [0.717, 1.165) is 6.07 Å². The molecule has 27 heavy (non-hydrogen) atoms. The molecular formula is C15H11ClF3N5O2S. The SMILES string of the molecule is Cc1c(NS(=O)(=O)c2cc(C(F)(F)F)ccc2Cl)cccc1-n1cnnn1. The Labute approximate surface area is 156 Å². The van der Waals surface area contributed by atoms with Crippen LogP contribution in [-0.4, -0.2) is 28.6 Å². The van der Waals surface area contributed by atoms with E-state index in [-0.39, 0.29) is 10.7 Å². The minimum atomic E-state index is -4.70. The highest BCUT2D eigenvalue weighted by atomic mass is 35.5. The molecule has 1 heterocycles. The molecule has 0 unspecified atom stereocenters. The summed E-state index contributed by atoms with van der Waals surface area (Å²) >= 11 is 5.83. The number of nitrogens with one attached hydrogen (secondary N) is 1. The predicted octanol–water partition coefficient (Wildman–Crippen LogP) is 3.44. The molecule has 7 nitrogen and oxygen atoms in total. The Bertz CT molecular complexity index is 1090. The number of tetrazole rings is 1. The quantitative estimate of drug-likeness (QED) is 0.702. The zero-order valence-electron chi connectivity index (χ0n) is 13.6. The van der Waals surface area contributed by atoms with E-state index in [1.807, 2.05) is 0 Å². The first-order valence-corrected chi connectivity index (χ1v) is 9.18. The zero-order valence-corrected chi connectivity index (χ0v) is 15.1. The molecule has 2 aromatic carbocycles. The molecule has 0 bridgehead atoms. The number of aromatic nitrogens is 4. The first-order valence-electron chi connectivity index (χ1n) is 7.32. The second kappa shape index (κ2) is 6.82. The monoisotopic (exact) mass is 417 g/mol. The van der Waals surface area contributed by atoms with Crippen LogP contribution in [0, 0.1) is 6.92 Å². The van der Waals surface area contributed by atoms with Gasteiger partial charge in [0.1, 0.15) is 11.2 Å². The van der Waals surface area contributed by atoms with Crippen molar-refractivity contribution in [1.82, 2.24) is 20.2 Å². The molecule has 0 spiro atoms. The lowest BCUT2D eigenvalue weighted by Crippen LogP contribution is -2.16. The number of benzene rings is 2. The molecule has 0 fully saturated rings. The maximum absolute atomic E-state index is 12.9. The Balaban J connectivity index is 2.03. The summed E-state index contributed by atoms with van der Waals surface area (Å²) < 4.78 is 67.6. The van der Waals surface area contributed by atoms with Gasteiger partial charge < -0.3 is 0 Å². The molecule has 0 amide bonds. The fourth-order valence-corrected chi connectivity index (χ4v) is 3.99. The first kappa shape index (κ1) is 19.1. The van der Waals surface area contributed by atoms with E-state index in [1.165, 1.54) is 17.1 Å². The molecule has 0 aliphatic carbocycles. The molecule has 12 heteroatoms.